The lowest BCUT2D eigenvalue weighted by Crippen LogP contribution is -2.46. The molecule has 25 heavy (non-hydrogen) atoms. The summed E-state index contributed by atoms with van der Waals surface area (Å²) in [5.41, 5.74) is 0.987. The number of nitrogens with zero attached hydrogens (tertiary/aromatic N) is 3. The second-order valence-corrected chi connectivity index (χ2v) is 6.55. The van der Waals surface area contributed by atoms with E-state index < -0.39 is 4.92 Å². The molecule has 0 spiro atoms. The van der Waals surface area contributed by atoms with Crippen LogP contribution in [0.5, 0.6) is 0 Å². The van der Waals surface area contributed by atoms with Gasteiger partial charge in [-0.15, -0.1) is 11.3 Å². The van der Waals surface area contributed by atoms with Crippen LogP contribution in [-0.4, -0.2) is 60.0 Å². The average molecular weight is 361 g/mol. The molecular formula is C16H19N5O3S. The summed E-state index contributed by atoms with van der Waals surface area (Å²) in [5.74, 6) is -0.219. The zero-order chi connectivity index (χ0) is 17.6. The van der Waals surface area contributed by atoms with Gasteiger partial charge < -0.3 is 10.6 Å². The number of nitro benzene ring substituents is 1. The summed E-state index contributed by atoms with van der Waals surface area (Å²) in [6.45, 7) is 5.32. The zero-order valence-corrected chi connectivity index (χ0v) is 14.4. The van der Waals surface area contributed by atoms with Gasteiger partial charge in [-0.25, -0.2) is 4.98 Å². The Kier molecular flexibility index (Phi) is 5.69. The fourth-order valence-electron chi connectivity index (χ4n) is 2.62. The topological polar surface area (TPSA) is 100 Å². The lowest BCUT2D eigenvalue weighted by atomic mass is 10.2. The van der Waals surface area contributed by atoms with Crippen LogP contribution in [-0.2, 0) is 0 Å². The number of amides is 1. The van der Waals surface area contributed by atoms with E-state index in [0.717, 1.165) is 32.7 Å². The van der Waals surface area contributed by atoms with Crippen LogP contribution in [0.25, 0.3) is 10.6 Å². The summed E-state index contributed by atoms with van der Waals surface area (Å²) in [7, 11) is 0. The van der Waals surface area contributed by atoms with Gasteiger partial charge in [-0.2, -0.15) is 0 Å². The Labute approximate surface area is 149 Å². The summed E-state index contributed by atoms with van der Waals surface area (Å²) in [6.07, 6.45) is 0. The molecule has 1 aliphatic heterocycles. The summed E-state index contributed by atoms with van der Waals surface area (Å²) >= 11 is 1.30. The van der Waals surface area contributed by atoms with Crippen molar-refractivity contribution in [2.75, 3.05) is 39.3 Å². The Morgan fingerprint density at radius 3 is 2.96 bits per heavy atom. The van der Waals surface area contributed by atoms with Crippen LogP contribution in [0.3, 0.4) is 0 Å². The van der Waals surface area contributed by atoms with Crippen molar-refractivity contribution in [3.8, 4) is 10.6 Å². The molecule has 2 aromatic rings. The van der Waals surface area contributed by atoms with E-state index in [0.29, 0.717) is 22.8 Å². The Morgan fingerprint density at radius 2 is 2.20 bits per heavy atom. The standard InChI is InChI=1S/C16H19N5O3S/c22-15(18-6-9-20-7-4-17-5-8-20)14-11-25-16(19-14)12-2-1-3-13(10-12)21(23)24/h1-3,10-11,17H,4-9H2,(H,18,22). The molecule has 2 heterocycles. The number of benzene rings is 1. The molecular weight excluding hydrogens is 342 g/mol. The molecule has 1 aromatic carbocycles. The van der Waals surface area contributed by atoms with Crippen LogP contribution in [0.4, 0.5) is 5.69 Å². The molecule has 0 radical (unpaired) electrons. The smallest absolute Gasteiger partial charge is 0.270 e. The minimum absolute atomic E-state index is 0.00900. The highest BCUT2D eigenvalue weighted by Crippen LogP contribution is 2.26. The predicted octanol–water partition coefficient (Wildman–Crippen LogP) is 1.35. The van der Waals surface area contributed by atoms with Gasteiger partial charge >= 0.3 is 0 Å². The van der Waals surface area contributed by atoms with Gasteiger partial charge in [-0.1, -0.05) is 12.1 Å². The molecule has 132 valence electrons. The highest BCUT2D eigenvalue weighted by atomic mass is 32.1. The highest BCUT2D eigenvalue weighted by Gasteiger charge is 2.15. The third-order valence-electron chi connectivity index (χ3n) is 3.96. The van der Waals surface area contributed by atoms with Crippen molar-refractivity contribution >= 4 is 22.9 Å². The normalized spacial score (nSPS) is 15.0. The fraction of sp³-hybridized carbons (Fsp3) is 0.375. The molecule has 9 heteroatoms. The number of aromatic nitrogens is 1. The van der Waals surface area contributed by atoms with Crippen molar-refractivity contribution < 1.29 is 9.72 Å². The number of hydrogen-bond acceptors (Lipinski definition) is 7. The van der Waals surface area contributed by atoms with E-state index >= 15 is 0 Å². The number of thiazole rings is 1. The van der Waals surface area contributed by atoms with Crippen LogP contribution < -0.4 is 10.6 Å². The van der Waals surface area contributed by atoms with Crippen molar-refractivity contribution in [2.45, 2.75) is 0 Å². The minimum Gasteiger partial charge on any atom is -0.349 e. The van der Waals surface area contributed by atoms with Gasteiger partial charge in [0.2, 0.25) is 0 Å². The Hall–Kier alpha value is -2.36. The van der Waals surface area contributed by atoms with Crippen LogP contribution >= 0.6 is 11.3 Å². The molecule has 0 unspecified atom stereocenters. The molecule has 2 N–H and O–H groups in total. The second-order valence-electron chi connectivity index (χ2n) is 5.69. The van der Waals surface area contributed by atoms with E-state index in [4.69, 9.17) is 0 Å². The SMILES string of the molecule is O=C(NCCN1CCNCC1)c1csc(-c2cccc([N+](=O)[O-])c2)n1. The number of nitrogens with one attached hydrogen (secondary N) is 2. The maximum absolute atomic E-state index is 12.2. The molecule has 1 saturated heterocycles. The van der Waals surface area contributed by atoms with E-state index in [9.17, 15) is 14.9 Å². The maximum Gasteiger partial charge on any atom is 0.270 e. The fourth-order valence-corrected chi connectivity index (χ4v) is 3.41. The lowest BCUT2D eigenvalue weighted by molar-refractivity contribution is -0.384. The number of piperazine rings is 1. The predicted molar refractivity (Wildman–Crippen MR) is 95.8 cm³/mol. The summed E-state index contributed by atoms with van der Waals surface area (Å²) in [5, 5.41) is 19.3. The maximum atomic E-state index is 12.2. The molecule has 1 aromatic heterocycles. The first-order chi connectivity index (χ1) is 12.1. The van der Waals surface area contributed by atoms with Gasteiger partial charge in [-0.05, 0) is 0 Å². The molecule has 1 aliphatic rings. The Balaban J connectivity index is 1.57. The van der Waals surface area contributed by atoms with Crippen molar-refractivity contribution in [2.24, 2.45) is 0 Å². The molecule has 8 nitrogen and oxygen atoms in total. The molecule has 0 aliphatic carbocycles. The van der Waals surface area contributed by atoms with Crippen molar-refractivity contribution in [1.82, 2.24) is 20.5 Å². The average Bonchev–Trinajstić information content (AvgIpc) is 3.13. The lowest BCUT2D eigenvalue weighted by Gasteiger charge is -2.26. The Bertz CT molecular complexity index is 758. The highest BCUT2D eigenvalue weighted by molar-refractivity contribution is 7.13. The van der Waals surface area contributed by atoms with Gasteiger partial charge in [0.05, 0.1) is 4.92 Å². The van der Waals surface area contributed by atoms with Crippen LogP contribution in [0, 0.1) is 10.1 Å². The van der Waals surface area contributed by atoms with Gasteiger partial charge in [0, 0.05) is 62.3 Å². The van der Waals surface area contributed by atoms with Crippen molar-refractivity contribution in [3.63, 3.8) is 0 Å². The zero-order valence-electron chi connectivity index (χ0n) is 13.6. The number of hydrogen-bond donors (Lipinski definition) is 2. The van der Waals surface area contributed by atoms with E-state index in [-0.39, 0.29) is 11.6 Å². The largest absolute Gasteiger partial charge is 0.349 e. The van der Waals surface area contributed by atoms with Crippen LogP contribution in [0.15, 0.2) is 29.6 Å². The van der Waals surface area contributed by atoms with E-state index in [1.807, 2.05) is 0 Å². The third-order valence-corrected chi connectivity index (χ3v) is 4.86. The van der Waals surface area contributed by atoms with Gasteiger partial charge in [0.1, 0.15) is 10.7 Å². The second kappa shape index (κ2) is 8.15. The number of carbonyl (C=O) groups is 1. The monoisotopic (exact) mass is 361 g/mol. The summed E-state index contributed by atoms with van der Waals surface area (Å²) < 4.78 is 0. The number of nitro groups is 1. The summed E-state index contributed by atoms with van der Waals surface area (Å²) in [6, 6.07) is 6.26. The quantitative estimate of drug-likeness (QED) is 0.595. The first-order valence-electron chi connectivity index (χ1n) is 8.05. The van der Waals surface area contributed by atoms with E-state index in [2.05, 4.69) is 20.5 Å². The van der Waals surface area contributed by atoms with Crippen LogP contribution in [0.1, 0.15) is 10.5 Å². The number of carbonyl (C=O) groups excluding carboxylic acids is 1. The molecule has 1 fully saturated rings. The molecule has 3 rings (SSSR count). The third kappa shape index (κ3) is 4.59. The van der Waals surface area contributed by atoms with E-state index in [1.54, 1.807) is 17.5 Å². The molecule has 0 atom stereocenters. The first-order valence-corrected chi connectivity index (χ1v) is 8.93. The van der Waals surface area contributed by atoms with E-state index in [1.165, 1.54) is 23.5 Å². The summed E-state index contributed by atoms with van der Waals surface area (Å²) in [4.78, 5) is 29.2. The first kappa shape index (κ1) is 17.5. The van der Waals surface area contributed by atoms with Gasteiger partial charge in [-0.3, -0.25) is 19.8 Å². The molecule has 1 amide bonds. The number of rotatable bonds is 6. The Morgan fingerprint density at radius 1 is 1.40 bits per heavy atom. The van der Waals surface area contributed by atoms with Crippen molar-refractivity contribution in [3.05, 3.63) is 45.5 Å². The molecule has 0 saturated carbocycles. The number of non-ortho nitro benzene ring substituents is 1. The van der Waals surface area contributed by atoms with Crippen molar-refractivity contribution in [1.29, 1.82) is 0 Å². The molecule has 0 bridgehead atoms. The van der Waals surface area contributed by atoms with Gasteiger partial charge in [0.25, 0.3) is 11.6 Å². The van der Waals surface area contributed by atoms with Gasteiger partial charge in [0.15, 0.2) is 0 Å². The van der Waals surface area contributed by atoms with Crippen LogP contribution in [0.2, 0.25) is 0 Å². The minimum atomic E-state index is -0.444.